The van der Waals surface area contributed by atoms with Gasteiger partial charge in [0.2, 0.25) is 10.0 Å². The van der Waals surface area contributed by atoms with E-state index in [0.717, 1.165) is 32.1 Å². The average Bonchev–Trinajstić information content (AvgIpc) is 2.37. The van der Waals surface area contributed by atoms with E-state index < -0.39 is 10.0 Å². The van der Waals surface area contributed by atoms with Gasteiger partial charge in [-0.3, -0.25) is 0 Å². The summed E-state index contributed by atoms with van der Waals surface area (Å²) in [5.41, 5.74) is 0. The maximum absolute atomic E-state index is 11.4. The predicted octanol–water partition coefficient (Wildman–Crippen LogP) is -0.0467. The van der Waals surface area contributed by atoms with Crippen molar-refractivity contribution in [3.63, 3.8) is 0 Å². The molecule has 5 nitrogen and oxygen atoms in total. The molecule has 2 aliphatic heterocycles. The highest BCUT2D eigenvalue weighted by Crippen LogP contribution is 2.15. The first-order chi connectivity index (χ1) is 8.55. The molecule has 2 rings (SSSR count). The Kier molecular flexibility index (Phi) is 5.00. The highest BCUT2D eigenvalue weighted by atomic mass is 32.2. The first-order valence-electron chi connectivity index (χ1n) is 6.94. The van der Waals surface area contributed by atoms with E-state index in [1.54, 1.807) is 4.31 Å². The standard InChI is InChI=1S/C12H25N3O2S/c1-18(16,17)15-9-7-14(8-10-15)6-4-12-3-2-5-13-11-12/h12-13H,2-11H2,1H3. The van der Waals surface area contributed by atoms with Crippen LogP contribution in [0.2, 0.25) is 0 Å². The van der Waals surface area contributed by atoms with Crippen molar-refractivity contribution in [2.75, 3.05) is 52.1 Å². The average molecular weight is 275 g/mol. The van der Waals surface area contributed by atoms with Gasteiger partial charge in [0.25, 0.3) is 0 Å². The molecule has 0 radical (unpaired) electrons. The molecule has 0 saturated carbocycles. The van der Waals surface area contributed by atoms with Gasteiger partial charge in [0.15, 0.2) is 0 Å². The summed E-state index contributed by atoms with van der Waals surface area (Å²) in [5.74, 6) is 0.812. The summed E-state index contributed by atoms with van der Waals surface area (Å²) >= 11 is 0. The Morgan fingerprint density at radius 3 is 2.50 bits per heavy atom. The smallest absolute Gasteiger partial charge is 0.211 e. The molecule has 1 atom stereocenters. The van der Waals surface area contributed by atoms with Crippen LogP contribution in [0.3, 0.4) is 0 Å². The van der Waals surface area contributed by atoms with E-state index in [4.69, 9.17) is 0 Å². The molecule has 0 bridgehead atoms. The second-order valence-corrected chi connectivity index (χ2v) is 7.49. The van der Waals surface area contributed by atoms with Crippen molar-refractivity contribution >= 4 is 10.0 Å². The number of rotatable bonds is 4. The predicted molar refractivity (Wildman–Crippen MR) is 73.1 cm³/mol. The van der Waals surface area contributed by atoms with E-state index >= 15 is 0 Å². The summed E-state index contributed by atoms with van der Waals surface area (Å²) in [6.45, 7) is 6.51. The third kappa shape index (κ3) is 4.19. The fourth-order valence-corrected chi connectivity index (χ4v) is 3.65. The molecule has 0 aromatic rings. The van der Waals surface area contributed by atoms with Crippen LogP contribution in [0.5, 0.6) is 0 Å². The van der Waals surface area contributed by atoms with Crippen LogP contribution < -0.4 is 5.32 Å². The van der Waals surface area contributed by atoms with Gasteiger partial charge < -0.3 is 10.2 Å². The van der Waals surface area contributed by atoms with E-state index in [9.17, 15) is 8.42 Å². The quantitative estimate of drug-likeness (QED) is 0.782. The lowest BCUT2D eigenvalue weighted by Crippen LogP contribution is -2.48. The van der Waals surface area contributed by atoms with Gasteiger partial charge in [-0.15, -0.1) is 0 Å². The summed E-state index contributed by atoms with van der Waals surface area (Å²) in [6, 6.07) is 0. The Bertz CT molecular complexity index is 344. The van der Waals surface area contributed by atoms with Gasteiger partial charge in [0.1, 0.15) is 0 Å². The molecule has 106 valence electrons. The Morgan fingerprint density at radius 1 is 1.22 bits per heavy atom. The van der Waals surface area contributed by atoms with Crippen LogP contribution in [0, 0.1) is 5.92 Å². The molecular formula is C12H25N3O2S. The molecule has 2 heterocycles. The van der Waals surface area contributed by atoms with E-state index in [0.29, 0.717) is 13.1 Å². The molecule has 6 heteroatoms. The third-order valence-electron chi connectivity index (χ3n) is 4.05. The Morgan fingerprint density at radius 2 is 1.94 bits per heavy atom. The highest BCUT2D eigenvalue weighted by Gasteiger charge is 2.23. The summed E-state index contributed by atoms with van der Waals surface area (Å²) in [6.07, 6.45) is 5.19. The molecule has 2 fully saturated rings. The Balaban J connectivity index is 1.67. The SMILES string of the molecule is CS(=O)(=O)N1CCN(CCC2CCCNC2)CC1. The van der Waals surface area contributed by atoms with Crippen LogP contribution in [0.25, 0.3) is 0 Å². The zero-order valence-electron chi connectivity index (χ0n) is 11.3. The minimum atomic E-state index is -2.99. The lowest BCUT2D eigenvalue weighted by Gasteiger charge is -2.34. The van der Waals surface area contributed by atoms with Gasteiger partial charge in [-0.1, -0.05) is 0 Å². The van der Waals surface area contributed by atoms with Crippen molar-refractivity contribution in [2.45, 2.75) is 19.3 Å². The van der Waals surface area contributed by atoms with E-state index in [1.807, 2.05) is 0 Å². The summed E-state index contributed by atoms with van der Waals surface area (Å²) in [4.78, 5) is 2.40. The second-order valence-electron chi connectivity index (χ2n) is 5.50. The lowest BCUT2D eigenvalue weighted by molar-refractivity contribution is 0.173. The molecular weight excluding hydrogens is 250 g/mol. The molecule has 18 heavy (non-hydrogen) atoms. The van der Waals surface area contributed by atoms with Crippen LogP contribution in [0.4, 0.5) is 0 Å². The van der Waals surface area contributed by atoms with Crippen LogP contribution >= 0.6 is 0 Å². The number of hydrogen-bond donors (Lipinski definition) is 1. The molecule has 2 saturated heterocycles. The Labute approximate surface area is 111 Å². The molecule has 2 aliphatic rings. The van der Waals surface area contributed by atoms with Crippen LogP contribution in [0.1, 0.15) is 19.3 Å². The van der Waals surface area contributed by atoms with Gasteiger partial charge in [0.05, 0.1) is 6.26 Å². The normalized spacial score (nSPS) is 28.4. The molecule has 0 aliphatic carbocycles. The van der Waals surface area contributed by atoms with Crippen LogP contribution in [0.15, 0.2) is 0 Å². The largest absolute Gasteiger partial charge is 0.316 e. The van der Waals surface area contributed by atoms with Crippen LogP contribution in [-0.4, -0.2) is 69.7 Å². The zero-order chi connectivity index (χ0) is 13.0. The first kappa shape index (κ1) is 14.2. The maximum atomic E-state index is 11.4. The maximum Gasteiger partial charge on any atom is 0.211 e. The fraction of sp³-hybridized carbons (Fsp3) is 1.00. The second kappa shape index (κ2) is 6.32. The highest BCUT2D eigenvalue weighted by molar-refractivity contribution is 7.88. The van der Waals surface area contributed by atoms with Crippen molar-refractivity contribution < 1.29 is 8.42 Å². The monoisotopic (exact) mass is 275 g/mol. The fourth-order valence-electron chi connectivity index (χ4n) is 2.82. The van der Waals surface area contributed by atoms with E-state index in [1.165, 1.54) is 32.1 Å². The van der Waals surface area contributed by atoms with E-state index in [-0.39, 0.29) is 0 Å². The number of nitrogens with one attached hydrogen (secondary N) is 1. The molecule has 1 unspecified atom stereocenters. The van der Waals surface area contributed by atoms with Gasteiger partial charge >= 0.3 is 0 Å². The van der Waals surface area contributed by atoms with Crippen LogP contribution in [-0.2, 0) is 10.0 Å². The minimum absolute atomic E-state index is 0.655. The van der Waals surface area contributed by atoms with E-state index in [2.05, 4.69) is 10.2 Å². The number of sulfonamides is 1. The molecule has 0 amide bonds. The number of piperazine rings is 1. The number of nitrogens with zero attached hydrogens (tertiary/aromatic N) is 2. The first-order valence-corrected chi connectivity index (χ1v) is 8.79. The zero-order valence-corrected chi connectivity index (χ0v) is 12.1. The van der Waals surface area contributed by atoms with Gasteiger partial charge in [0, 0.05) is 26.2 Å². The summed E-state index contributed by atoms with van der Waals surface area (Å²) in [7, 11) is -2.99. The lowest BCUT2D eigenvalue weighted by atomic mass is 9.96. The van der Waals surface area contributed by atoms with Crippen molar-refractivity contribution in [3.05, 3.63) is 0 Å². The van der Waals surface area contributed by atoms with Gasteiger partial charge in [-0.25, -0.2) is 8.42 Å². The van der Waals surface area contributed by atoms with Gasteiger partial charge in [-0.2, -0.15) is 4.31 Å². The number of hydrogen-bond acceptors (Lipinski definition) is 4. The molecule has 1 N–H and O–H groups in total. The van der Waals surface area contributed by atoms with Crippen molar-refractivity contribution in [1.82, 2.24) is 14.5 Å². The summed E-state index contributed by atoms with van der Waals surface area (Å²) < 4.78 is 24.4. The van der Waals surface area contributed by atoms with Crippen molar-refractivity contribution in [2.24, 2.45) is 5.92 Å². The number of piperidine rings is 1. The van der Waals surface area contributed by atoms with Crippen molar-refractivity contribution in [1.29, 1.82) is 0 Å². The Hall–Kier alpha value is -0.170. The van der Waals surface area contributed by atoms with Gasteiger partial charge in [-0.05, 0) is 44.8 Å². The molecule has 0 spiro atoms. The third-order valence-corrected chi connectivity index (χ3v) is 5.36. The summed E-state index contributed by atoms with van der Waals surface area (Å²) in [5, 5.41) is 3.44. The minimum Gasteiger partial charge on any atom is -0.316 e. The topological polar surface area (TPSA) is 52.7 Å². The van der Waals surface area contributed by atoms with Crippen molar-refractivity contribution in [3.8, 4) is 0 Å². The molecule has 0 aromatic heterocycles. The molecule has 0 aromatic carbocycles.